The van der Waals surface area contributed by atoms with Gasteiger partial charge in [-0.3, -0.25) is 4.79 Å². The van der Waals surface area contributed by atoms with Crippen molar-refractivity contribution in [2.45, 2.75) is 19.1 Å². The van der Waals surface area contributed by atoms with Gasteiger partial charge in [0.05, 0.1) is 37.5 Å². The minimum atomic E-state index is -0.788. The highest BCUT2D eigenvalue weighted by molar-refractivity contribution is 5.95. The van der Waals surface area contributed by atoms with Crippen molar-refractivity contribution in [3.05, 3.63) is 84.0 Å². The van der Waals surface area contributed by atoms with Crippen molar-refractivity contribution in [3.8, 4) is 17.2 Å². The molecule has 1 unspecified atom stereocenters. The van der Waals surface area contributed by atoms with E-state index >= 15 is 0 Å². The number of hydrogen-bond donors (Lipinski definition) is 1. The second kappa shape index (κ2) is 9.41. The minimum Gasteiger partial charge on any atom is -0.495 e. The first-order valence-corrected chi connectivity index (χ1v) is 10.3. The molecule has 172 valence electrons. The van der Waals surface area contributed by atoms with E-state index in [4.69, 9.17) is 9.47 Å². The number of methoxy groups -OCH3 is 1. The fourth-order valence-electron chi connectivity index (χ4n) is 3.80. The number of imidazole rings is 1. The first-order chi connectivity index (χ1) is 15.9. The number of aliphatic hydroxyl groups is 1. The summed E-state index contributed by atoms with van der Waals surface area (Å²) in [5.74, 6) is -1.45. The molecule has 1 N–H and O–H groups in total. The molecule has 0 bridgehead atoms. The highest BCUT2D eigenvalue weighted by Gasteiger charge is 2.33. The van der Waals surface area contributed by atoms with Crippen LogP contribution < -0.4 is 9.47 Å². The molecule has 4 rings (SSSR count). The third-order valence-electron chi connectivity index (χ3n) is 5.38. The summed E-state index contributed by atoms with van der Waals surface area (Å²) in [5, 5.41) is 10.0. The van der Waals surface area contributed by atoms with Crippen molar-refractivity contribution in [2.24, 2.45) is 0 Å². The molecule has 2 atom stereocenters. The molecular formula is C24H23F2N3O4. The van der Waals surface area contributed by atoms with Crippen LogP contribution in [0.3, 0.4) is 0 Å². The molecule has 1 amide bonds. The van der Waals surface area contributed by atoms with Crippen LogP contribution in [0.1, 0.15) is 16.1 Å². The van der Waals surface area contributed by atoms with Gasteiger partial charge in [0.1, 0.15) is 29.2 Å². The SMILES string of the molecule is COc1cc(C(=O)N2CC=C[C@H](Oc3cc(F)cc(F)c3)C2CO)ccc1-n1cnc(C)c1. The van der Waals surface area contributed by atoms with Crippen LogP contribution >= 0.6 is 0 Å². The highest BCUT2D eigenvalue weighted by atomic mass is 19.1. The molecule has 1 aromatic heterocycles. The molecule has 0 spiro atoms. The van der Waals surface area contributed by atoms with E-state index in [2.05, 4.69) is 4.98 Å². The Morgan fingerprint density at radius 2 is 1.97 bits per heavy atom. The van der Waals surface area contributed by atoms with Crippen LogP contribution in [0, 0.1) is 18.6 Å². The smallest absolute Gasteiger partial charge is 0.254 e. The molecule has 9 heteroatoms. The second-order valence-electron chi connectivity index (χ2n) is 7.63. The van der Waals surface area contributed by atoms with Gasteiger partial charge in [-0.1, -0.05) is 6.08 Å². The number of carbonyl (C=O) groups is 1. The van der Waals surface area contributed by atoms with Crippen LogP contribution in [0.25, 0.3) is 5.69 Å². The van der Waals surface area contributed by atoms with E-state index in [-0.39, 0.29) is 18.2 Å². The summed E-state index contributed by atoms with van der Waals surface area (Å²) >= 11 is 0. The quantitative estimate of drug-likeness (QED) is 0.578. The zero-order valence-corrected chi connectivity index (χ0v) is 18.1. The Kier molecular flexibility index (Phi) is 6.41. The maximum atomic E-state index is 13.5. The molecule has 2 aromatic carbocycles. The summed E-state index contributed by atoms with van der Waals surface area (Å²) in [7, 11) is 1.51. The van der Waals surface area contributed by atoms with E-state index in [9.17, 15) is 18.7 Å². The Labute approximate surface area is 189 Å². The van der Waals surface area contributed by atoms with E-state index in [1.807, 2.05) is 13.1 Å². The Bertz CT molecular complexity index is 1170. The molecular weight excluding hydrogens is 432 g/mol. The molecule has 0 aliphatic carbocycles. The van der Waals surface area contributed by atoms with E-state index in [0.717, 1.165) is 29.6 Å². The van der Waals surface area contributed by atoms with Crippen LogP contribution in [0.4, 0.5) is 8.78 Å². The molecule has 33 heavy (non-hydrogen) atoms. The van der Waals surface area contributed by atoms with E-state index < -0.39 is 30.4 Å². The minimum absolute atomic E-state index is 0.0310. The van der Waals surface area contributed by atoms with Gasteiger partial charge >= 0.3 is 0 Å². The zero-order valence-electron chi connectivity index (χ0n) is 18.1. The third-order valence-corrected chi connectivity index (χ3v) is 5.38. The van der Waals surface area contributed by atoms with Crippen molar-refractivity contribution in [3.63, 3.8) is 0 Å². The summed E-state index contributed by atoms with van der Waals surface area (Å²) in [6.45, 7) is 1.71. The van der Waals surface area contributed by atoms with Gasteiger partial charge in [-0.25, -0.2) is 13.8 Å². The number of aryl methyl sites for hydroxylation is 1. The lowest BCUT2D eigenvalue weighted by Gasteiger charge is -2.37. The molecule has 0 saturated heterocycles. The van der Waals surface area contributed by atoms with Crippen LogP contribution in [-0.4, -0.2) is 57.9 Å². The lowest BCUT2D eigenvalue weighted by atomic mass is 10.0. The van der Waals surface area contributed by atoms with Gasteiger partial charge < -0.3 is 24.0 Å². The van der Waals surface area contributed by atoms with Crippen molar-refractivity contribution in [1.82, 2.24) is 14.5 Å². The number of amides is 1. The first kappa shape index (κ1) is 22.5. The van der Waals surface area contributed by atoms with E-state index in [1.54, 1.807) is 41.2 Å². The van der Waals surface area contributed by atoms with E-state index in [1.165, 1.54) is 12.0 Å². The number of hydrogen-bond acceptors (Lipinski definition) is 5. The lowest BCUT2D eigenvalue weighted by Crippen LogP contribution is -2.52. The number of rotatable bonds is 6. The fourth-order valence-corrected chi connectivity index (χ4v) is 3.80. The van der Waals surface area contributed by atoms with Crippen LogP contribution in [0.2, 0.25) is 0 Å². The van der Waals surface area contributed by atoms with E-state index in [0.29, 0.717) is 11.3 Å². The van der Waals surface area contributed by atoms with Gasteiger partial charge in [-0.15, -0.1) is 0 Å². The number of aliphatic hydroxyl groups excluding tert-OH is 1. The largest absolute Gasteiger partial charge is 0.495 e. The maximum Gasteiger partial charge on any atom is 0.254 e. The molecule has 7 nitrogen and oxygen atoms in total. The summed E-state index contributed by atoms with van der Waals surface area (Å²) in [6.07, 6.45) is 6.09. The molecule has 0 saturated carbocycles. The topological polar surface area (TPSA) is 76.8 Å². The number of benzene rings is 2. The average Bonchev–Trinajstić information content (AvgIpc) is 3.23. The normalized spacial score (nSPS) is 17.8. The number of carbonyl (C=O) groups excluding carboxylic acids is 1. The van der Waals surface area contributed by atoms with Crippen molar-refractivity contribution >= 4 is 5.91 Å². The molecule has 1 aliphatic rings. The van der Waals surface area contributed by atoms with Crippen molar-refractivity contribution in [2.75, 3.05) is 20.3 Å². The highest BCUT2D eigenvalue weighted by Crippen LogP contribution is 2.27. The molecule has 1 aliphatic heterocycles. The predicted molar refractivity (Wildman–Crippen MR) is 117 cm³/mol. The molecule has 0 radical (unpaired) electrons. The number of halogens is 2. The van der Waals surface area contributed by atoms with Crippen molar-refractivity contribution < 1.29 is 28.2 Å². The van der Waals surface area contributed by atoms with Crippen LogP contribution in [0.15, 0.2) is 61.1 Å². The fraction of sp³-hybridized carbons (Fsp3) is 0.250. The number of ether oxygens (including phenoxy) is 2. The summed E-state index contributed by atoms with van der Waals surface area (Å²) in [5.41, 5.74) is 1.92. The molecule has 0 fully saturated rings. The lowest BCUT2D eigenvalue weighted by molar-refractivity contribution is 0.0356. The maximum absolute atomic E-state index is 13.5. The van der Waals surface area contributed by atoms with Gasteiger partial charge in [0.2, 0.25) is 0 Å². The standard InChI is InChI=1S/C24H23F2N3O4/c1-15-12-28(14-27-15)20-6-5-16(8-23(20)32-2)24(31)29-7-3-4-22(21(29)13-30)33-19-10-17(25)9-18(26)11-19/h3-6,8-12,14,21-22,30H,7,13H2,1-2H3/t21?,22-/m0/s1. The number of aromatic nitrogens is 2. The van der Waals surface area contributed by atoms with Gasteiger partial charge in [-0.2, -0.15) is 0 Å². The monoisotopic (exact) mass is 455 g/mol. The zero-order chi connectivity index (χ0) is 23.5. The summed E-state index contributed by atoms with van der Waals surface area (Å²) in [6, 6.07) is 7.13. The Morgan fingerprint density at radius 1 is 1.21 bits per heavy atom. The Balaban J connectivity index is 1.58. The third kappa shape index (κ3) is 4.73. The first-order valence-electron chi connectivity index (χ1n) is 10.3. The Hall–Kier alpha value is -3.72. The van der Waals surface area contributed by atoms with Gasteiger partial charge in [0, 0.05) is 36.5 Å². The van der Waals surface area contributed by atoms with Gasteiger partial charge in [0.15, 0.2) is 0 Å². The number of nitrogens with zero attached hydrogens (tertiary/aromatic N) is 3. The van der Waals surface area contributed by atoms with Gasteiger partial charge in [-0.05, 0) is 31.2 Å². The van der Waals surface area contributed by atoms with Crippen LogP contribution in [0.5, 0.6) is 11.5 Å². The Morgan fingerprint density at radius 3 is 2.61 bits per heavy atom. The van der Waals surface area contributed by atoms with Crippen molar-refractivity contribution in [1.29, 1.82) is 0 Å². The van der Waals surface area contributed by atoms with Gasteiger partial charge in [0.25, 0.3) is 5.91 Å². The predicted octanol–water partition coefficient (Wildman–Crippen LogP) is 3.29. The van der Waals surface area contributed by atoms with Crippen LogP contribution in [-0.2, 0) is 0 Å². The average molecular weight is 455 g/mol. The summed E-state index contributed by atoms with van der Waals surface area (Å²) < 4.78 is 40.1. The summed E-state index contributed by atoms with van der Waals surface area (Å²) in [4.78, 5) is 19.0. The molecule has 3 aromatic rings. The second-order valence-corrected chi connectivity index (χ2v) is 7.63. The molecule has 2 heterocycles.